The molecule has 0 saturated heterocycles. The van der Waals surface area contributed by atoms with Crippen LogP contribution in [0.5, 0.6) is 0 Å². The van der Waals surface area contributed by atoms with Crippen molar-refractivity contribution in [2.45, 2.75) is 72.1 Å². The molecule has 28 heavy (non-hydrogen) atoms. The first-order valence-electron chi connectivity index (χ1n) is 10.2. The molecule has 7 heteroatoms. The number of aromatic nitrogens is 2. The van der Waals surface area contributed by atoms with E-state index in [2.05, 4.69) is 16.8 Å². The minimum atomic E-state index is -0.579. The van der Waals surface area contributed by atoms with E-state index in [1.165, 1.54) is 10.4 Å². The molecule has 0 bridgehead atoms. The third kappa shape index (κ3) is 5.20. The molecule has 0 amide bonds. The molecule has 2 N–H and O–H groups in total. The lowest BCUT2D eigenvalue weighted by atomic mass is 9.89. The van der Waals surface area contributed by atoms with Crippen molar-refractivity contribution in [3.05, 3.63) is 26.6 Å². The Morgan fingerprint density at radius 1 is 1.43 bits per heavy atom. The van der Waals surface area contributed by atoms with Crippen LogP contribution in [0.1, 0.15) is 57.3 Å². The minimum Gasteiger partial charge on any atom is -0.389 e. The summed E-state index contributed by atoms with van der Waals surface area (Å²) < 4.78 is 5.67. The first kappa shape index (κ1) is 21.4. The van der Waals surface area contributed by atoms with E-state index in [-0.39, 0.29) is 11.2 Å². The van der Waals surface area contributed by atoms with Crippen LogP contribution < -0.4 is 5.56 Å². The van der Waals surface area contributed by atoms with Crippen molar-refractivity contribution in [2.75, 3.05) is 19.7 Å². The van der Waals surface area contributed by atoms with Crippen molar-refractivity contribution in [1.29, 1.82) is 0 Å². The van der Waals surface area contributed by atoms with Gasteiger partial charge in [-0.05, 0) is 58.1 Å². The summed E-state index contributed by atoms with van der Waals surface area (Å²) in [5.41, 5.74) is 0.909. The number of hydrogen-bond acceptors (Lipinski definition) is 6. The van der Waals surface area contributed by atoms with E-state index < -0.39 is 6.10 Å². The summed E-state index contributed by atoms with van der Waals surface area (Å²) >= 11 is 1.67. The summed E-state index contributed by atoms with van der Waals surface area (Å²) in [5.74, 6) is 1.33. The van der Waals surface area contributed by atoms with Gasteiger partial charge in [0.2, 0.25) is 0 Å². The highest BCUT2D eigenvalue weighted by molar-refractivity contribution is 7.18. The van der Waals surface area contributed by atoms with Crippen LogP contribution in [0.4, 0.5) is 0 Å². The van der Waals surface area contributed by atoms with Crippen LogP contribution in [0.25, 0.3) is 10.2 Å². The molecule has 0 fully saturated rings. The molecule has 6 nitrogen and oxygen atoms in total. The fraction of sp³-hybridized carbons (Fsp3) is 0.714. The Kier molecular flexibility index (Phi) is 6.59. The number of hydrogen-bond donors (Lipinski definition) is 2. The van der Waals surface area contributed by atoms with Gasteiger partial charge in [0.05, 0.1) is 30.2 Å². The lowest BCUT2D eigenvalue weighted by Gasteiger charge is -2.26. The zero-order valence-corrected chi connectivity index (χ0v) is 18.5. The molecule has 156 valence electrons. The van der Waals surface area contributed by atoms with Gasteiger partial charge in [0, 0.05) is 11.4 Å². The predicted octanol–water partition coefficient (Wildman–Crippen LogP) is 3.11. The summed E-state index contributed by atoms with van der Waals surface area (Å²) in [6.07, 6.45) is 2.58. The number of fused-ring (bicyclic) bond motifs is 3. The maximum atomic E-state index is 12.7. The second kappa shape index (κ2) is 8.61. The molecule has 3 rings (SSSR count). The molecule has 0 spiro atoms. The smallest absolute Gasteiger partial charge is 0.259 e. The molecular weight excluding hydrogens is 374 g/mol. The van der Waals surface area contributed by atoms with E-state index in [4.69, 9.17) is 9.72 Å². The highest BCUT2D eigenvalue weighted by Gasteiger charge is 2.23. The van der Waals surface area contributed by atoms with Crippen molar-refractivity contribution in [2.24, 2.45) is 5.92 Å². The van der Waals surface area contributed by atoms with Crippen LogP contribution in [0, 0.1) is 5.92 Å². The third-order valence-electron chi connectivity index (χ3n) is 5.21. The van der Waals surface area contributed by atoms with Gasteiger partial charge in [-0.3, -0.25) is 9.69 Å². The molecule has 0 unspecified atom stereocenters. The molecule has 0 aromatic carbocycles. The summed E-state index contributed by atoms with van der Waals surface area (Å²) in [5, 5.41) is 11.1. The second-order valence-corrected chi connectivity index (χ2v) is 10.0. The molecule has 0 aliphatic heterocycles. The molecule has 1 aliphatic rings. The first-order chi connectivity index (χ1) is 13.2. The first-order valence-corrected chi connectivity index (χ1v) is 11.1. The number of ether oxygens (including phenoxy) is 1. The van der Waals surface area contributed by atoms with E-state index in [0.29, 0.717) is 31.4 Å². The van der Waals surface area contributed by atoms with Gasteiger partial charge in [-0.15, -0.1) is 11.3 Å². The molecule has 2 aromatic heterocycles. The van der Waals surface area contributed by atoms with Gasteiger partial charge < -0.3 is 14.8 Å². The minimum absolute atomic E-state index is 0.0280. The van der Waals surface area contributed by atoms with E-state index in [1.807, 2.05) is 27.7 Å². The number of aliphatic hydroxyl groups excluding tert-OH is 1. The summed E-state index contributed by atoms with van der Waals surface area (Å²) in [6.45, 7) is 12.3. The van der Waals surface area contributed by atoms with Crippen LogP contribution >= 0.6 is 11.3 Å². The zero-order valence-electron chi connectivity index (χ0n) is 17.7. The Balaban J connectivity index is 1.73. The molecule has 2 aromatic rings. The highest BCUT2D eigenvalue weighted by Crippen LogP contribution is 2.35. The summed E-state index contributed by atoms with van der Waals surface area (Å²) in [7, 11) is 0. The van der Waals surface area contributed by atoms with Crippen molar-refractivity contribution < 1.29 is 9.84 Å². The number of likely N-dealkylation sites (N-methyl/N-ethyl adjacent to an activating group) is 1. The van der Waals surface area contributed by atoms with Crippen molar-refractivity contribution in [3.63, 3.8) is 0 Å². The molecule has 2 atom stereocenters. The van der Waals surface area contributed by atoms with Crippen LogP contribution in [0.2, 0.25) is 0 Å². The Hall–Kier alpha value is -1.28. The van der Waals surface area contributed by atoms with Gasteiger partial charge >= 0.3 is 0 Å². The van der Waals surface area contributed by atoms with Gasteiger partial charge in [0.25, 0.3) is 5.56 Å². The number of aromatic amines is 1. The van der Waals surface area contributed by atoms with Gasteiger partial charge in [-0.2, -0.15) is 0 Å². The Morgan fingerprint density at radius 2 is 2.18 bits per heavy atom. The van der Waals surface area contributed by atoms with Crippen molar-refractivity contribution in [3.8, 4) is 0 Å². The Morgan fingerprint density at radius 3 is 2.86 bits per heavy atom. The average Bonchev–Trinajstić information content (AvgIpc) is 2.96. The highest BCUT2D eigenvalue weighted by atomic mass is 32.1. The van der Waals surface area contributed by atoms with E-state index in [0.717, 1.165) is 36.0 Å². The number of H-pyrrole nitrogens is 1. The summed E-state index contributed by atoms with van der Waals surface area (Å²) in [6, 6.07) is 0. The number of aliphatic hydroxyl groups is 1. The van der Waals surface area contributed by atoms with Gasteiger partial charge in [0.15, 0.2) is 0 Å². The van der Waals surface area contributed by atoms with Crippen LogP contribution in [-0.4, -0.2) is 51.4 Å². The van der Waals surface area contributed by atoms with Crippen molar-refractivity contribution >= 4 is 21.6 Å². The molecular formula is C21H33N3O3S. The van der Waals surface area contributed by atoms with E-state index >= 15 is 0 Å². The third-order valence-corrected chi connectivity index (χ3v) is 6.36. The van der Waals surface area contributed by atoms with Crippen molar-refractivity contribution in [1.82, 2.24) is 14.9 Å². The van der Waals surface area contributed by atoms with E-state index in [9.17, 15) is 9.90 Å². The number of rotatable bonds is 7. The SMILES string of the molecule is CCN(Cc1nc2sc3c(c2c(=O)[nH]1)CC[C@H](C)C3)C[C@@H](O)COC(C)(C)C. The lowest BCUT2D eigenvalue weighted by Crippen LogP contribution is -2.37. The quantitative estimate of drug-likeness (QED) is 0.737. The number of nitrogens with one attached hydrogen (secondary N) is 1. The van der Waals surface area contributed by atoms with E-state index in [1.54, 1.807) is 11.3 Å². The predicted molar refractivity (Wildman–Crippen MR) is 114 cm³/mol. The largest absolute Gasteiger partial charge is 0.389 e. The van der Waals surface area contributed by atoms with Crippen LogP contribution in [-0.2, 0) is 24.1 Å². The van der Waals surface area contributed by atoms with Crippen LogP contribution in [0.15, 0.2) is 4.79 Å². The maximum Gasteiger partial charge on any atom is 0.259 e. The number of thiophene rings is 1. The van der Waals surface area contributed by atoms with Gasteiger partial charge in [-0.25, -0.2) is 4.98 Å². The fourth-order valence-electron chi connectivity index (χ4n) is 3.68. The van der Waals surface area contributed by atoms with Crippen LogP contribution in [0.3, 0.4) is 0 Å². The van der Waals surface area contributed by atoms with Gasteiger partial charge in [0.1, 0.15) is 10.7 Å². The second-order valence-electron chi connectivity index (χ2n) is 8.95. The lowest BCUT2D eigenvalue weighted by molar-refractivity contribution is -0.0564. The monoisotopic (exact) mass is 407 g/mol. The molecule has 0 saturated carbocycles. The summed E-state index contributed by atoms with van der Waals surface area (Å²) in [4.78, 5) is 24.7. The Labute approximate surface area is 170 Å². The fourth-order valence-corrected chi connectivity index (χ4v) is 5.08. The zero-order chi connectivity index (χ0) is 20.5. The molecule has 0 radical (unpaired) electrons. The van der Waals surface area contributed by atoms with Gasteiger partial charge in [-0.1, -0.05) is 13.8 Å². The average molecular weight is 408 g/mol. The molecule has 2 heterocycles. The normalized spacial score (nSPS) is 18.6. The maximum absolute atomic E-state index is 12.7. The molecule has 1 aliphatic carbocycles. The number of aryl methyl sites for hydroxylation is 1. The Bertz CT molecular complexity index is 868. The topological polar surface area (TPSA) is 78.5 Å². The standard InChI is InChI=1S/C21H33N3O3S/c1-6-24(10-14(25)12-27-21(3,4)5)11-17-22-19(26)18-15-8-7-13(2)9-16(15)28-20(18)23-17/h13-14,25H,6-12H2,1-5H3,(H,22,23,26)/t13-,14+/m0/s1. The number of nitrogens with zero attached hydrogens (tertiary/aromatic N) is 2.